The predicted octanol–water partition coefficient (Wildman–Crippen LogP) is 0.707. The number of carbonyl (C=O) groups is 5. The summed E-state index contributed by atoms with van der Waals surface area (Å²) in [6.07, 6.45) is 0.965. The molecule has 1 aromatic rings. The summed E-state index contributed by atoms with van der Waals surface area (Å²) >= 11 is 0. The van der Waals surface area contributed by atoms with Gasteiger partial charge in [-0.3, -0.25) is 24.1 Å². The summed E-state index contributed by atoms with van der Waals surface area (Å²) in [6.45, 7) is 2.43. The Morgan fingerprint density at radius 1 is 1.12 bits per heavy atom. The number of fused-ring (bicyclic) bond motifs is 1. The van der Waals surface area contributed by atoms with E-state index < -0.39 is 17.9 Å². The van der Waals surface area contributed by atoms with E-state index in [1.54, 1.807) is 11.8 Å². The SMILES string of the molecule is CC1=NOC(=O)C1CC(=O)NC1CN(C(=O)CCN2C(=O)CCC2=O)CCc2ccccc21. The Morgan fingerprint density at radius 3 is 2.55 bits per heavy atom. The van der Waals surface area contributed by atoms with Gasteiger partial charge in [0.15, 0.2) is 0 Å². The van der Waals surface area contributed by atoms with Gasteiger partial charge in [0.25, 0.3) is 0 Å². The standard InChI is InChI=1S/C23H26N4O6/c1-14-17(23(32)33-25-14)12-19(28)24-18-13-26(10-8-15-4-2-3-5-16(15)18)20(29)9-11-27-21(30)6-7-22(27)31/h2-5,17-18H,6-13H2,1H3,(H,24,28). The van der Waals surface area contributed by atoms with Crippen LogP contribution in [0, 0.1) is 5.92 Å². The fourth-order valence-corrected chi connectivity index (χ4v) is 4.44. The molecule has 1 saturated heterocycles. The third-order valence-corrected chi connectivity index (χ3v) is 6.33. The number of hydrogen-bond acceptors (Lipinski definition) is 7. The highest BCUT2D eigenvalue weighted by Crippen LogP contribution is 2.25. The van der Waals surface area contributed by atoms with E-state index in [9.17, 15) is 24.0 Å². The number of carbonyl (C=O) groups excluding carboxylic acids is 5. The molecular weight excluding hydrogens is 428 g/mol. The first kappa shape index (κ1) is 22.6. The third kappa shape index (κ3) is 4.94. The maximum Gasteiger partial charge on any atom is 0.344 e. The van der Waals surface area contributed by atoms with Crippen LogP contribution < -0.4 is 5.32 Å². The largest absolute Gasteiger partial charge is 0.347 e. The van der Waals surface area contributed by atoms with Gasteiger partial charge in [-0.1, -0.05) is 29.4 Å². The minimum atomic E-state index is -0.709. The smallest absolute Gasteiger partial charge is 0.344 e. The lowest BCUT2D eigenvalue weighted by Crippen LogP contribution is -2.42. The van der Waals surface area contributed by atoms with E-state index in [0.717, 1.165) is 16.0 Å². The van der Waals surface area contributed by atoms with Crippen molar-refractivity contribution in [2.24, 2.45) is 11.1 Å². The average molecular weight is 454 g/mol. The van der Waals surface area contributed by atoms with Crippen molar-refractivity contribution >= 4 is 35.3 Å². The highest BCUT2D eigenvalue weighted by atomic mass is 16.7. The first-order valence-electron chi connectivity index (χ1n) is 11.1. The molecule has 33 heavy (non-hydrogen) atoms. The summed E-state index contributed by atoms with van der Waals surface area (Å²) < 4.78 is 0. The topological polar surface area (TPSA) is 125 Å². The summed E-state index contributed by atoms with van der Waals surface area (Å²) in [4.78, 5) is 68.6. The minimum absolute atomic E-state index is 0.0397. The lowest BCUT2D eigenvalue weighted by molar-refractivity contribution is -0.145. The van der Waals surface area contributed by atoms with Crippen molar-refractivity contribution in [2.45, 2.75) is 45.1 Å². The van der Waals surface area contributed by atoms with Gasteiger partial charge in [-0.25, -0.2) is 4.79 Å². The molecule has 2 unspecified atom stereocenters. The second-order valence-electron chi connectivity index (χ2n) is 8.50. The van der Waals surface area contributed by atoms with E-state index in [0.29, 0.717) is 18.7 Å². The normalized spacial score (nSPS) is 22.6. The summed E-state index contributed by atoms with van der Waals surface area (Å²) in [5.74, 6) is -2.27. The second-order valence-corrected chi connectivity index (χ2v) is 8.50. The molecule has 0 bridgehead atoms. The summed E-state index contributed by atoms with van der Waals surface area (Å²) in [5.41, 5.74) is 2.41. The molecule has 1 aromatic carbocycles. The third-order valence-electron chi connectivity index (χ3n) is 6.33. The maximum absolute atomic E-state index is 13.0. The van der Waals surface area contributed by atoms with Crippen LogP contribution in [0.5, 0.6) is 0 Å². The van der Waals surface area contributed by atoms with Crippen LogP contribution in [0.1, 0.15) is 49.8 Å². The summed E-state index contributed by atoms with van der Waals surface area (Å²) in [5, 5.41) is 6.60. The molecule has 4 rings (SSSR count). The number of rotatable bonds is 6. The van der Waals surface area contributed by atoms with Crippen LogP contribution in [-0.4, -0.2) is 64.7 Å². The number of imide groups is 1. The fourth-order valence-electron chi connectivity index (χ4n) is 4.44. The van der Waals surface area contributed by atoms with Gasteiger partial charge in [-0.2, -0.15) is 0 Å². The second kappa shape index (κ2) is 9.51. The van der Waals surface area contributed by atoms with Crippen LogP contribution in [0.15, 0.2) is 29.4 Å². The zero-order valence-corrected chi connectivity index (χ0v) is 18.4. The van der Waals surface area contributed by atoms with Gasteiger partial charge < -0.3 is 15.1 Å². The van der Waals surface area contributed by atoms with Gasteiger partial charge in [0, 0.05) is 45.3 Å². The molecule has 10 nitrogen and oxygen atoms in total. The van der Waals surface area contributed by atoms with Crippen molar-refractivity contribution in [3.63, 3.8) is 0 Å². The van der Waals surface area contributed by atoms with Crippen LogP contribution in [0.4, 0.5) is 0 Å². The van der Waals surface area contributed by atoms with E-state index in [2.05, 4.69) is 15.3 Å². The maximum atomic E-state index is 13.0. The van der Waals surface area contributed by atoms with E-state index in [-0.39, 0.29) is 62.4 Å². The van der Waals surface area contributed by atoms with Crippen molar-refractivity contribution in [1.82, 2.24) is 15.1 Å². The van der Waals surface area contributed by atoms with Gasteiger partial charge in [-0.05, 0) is 24.5 Å². The summed E-state index contributed by atoms with van der Waals surface area (Å²) in [6, 6.07) is 7.23. The Labute approximate surface area is 190 Å². The molecule has 174 valence electrons. The Balaban J connectivity index is 1.44. The van der Waals surface area contributed by atoms with Crippen LogP contribution in [0.25, 0.3) is 0 Å². The Morgan fingerprint density at radius 2 is 1.85 bits per heavy atom. The zero-order chi connectivity index (χ0) is 23.5. The van der Waals surface area contributed by atoms with E-state index in [4.69, 9.17) is 0 Å². The molecule has 0 spiro atoms. The van der Waals surface area contributed by atoms with Crippen LogP contribution in [0.2, 0.25) is 0 Å². The summed E-state index contributed by atoms with van der Waals surface area (Å²) in [7, 11) is 0. The first-order chi connectivity index (χ1) is 15.8. The molecule has 2 atom stereocenters. The molecule has 1 N–H and O–H groups in total. The van der Waals surface area contributed by atoms with Gasteiger partial charge >= 0.3 is 5.97 Å². The number of likely N-dealkylation sites (tertiary alicyclic amines) is 1. The molecule has 0 radical (unpaired) electrons. The molecule has 3 aliphatic heterocycles. The van der Waals surface area contributed by atoms with Gasteiger partial charge in [0.05, 0.1) is 11.8 Å². The number of amides is 4. The lowest BCUT2D eigenvalue weighted by atomic mass is 9.98. The first-order valence-corrected chi connectivity index (χ1v) is 11.1. The molecule has 0 saturated carbocycles. The monoisotopic (exact) mass is 454 g/mol. The van der Waals surface area contributed by atoms with Crippen LogP contribution >= 0.6 is 0 Å². The highest BCUT2D eigenvalue weighted by Gasteiger charge is 2.34. The van der Waals surface area contributed by atoms with Gasteiger partial charge in [0.2, 0.25) is 23.6 Å². The van der Waals surface area contributed by atoms with Crippen molar-refractivity contribution in [3.05, 3.63) is 35.4 Å². The molecule has 0 aromatic heterocycles. The van der Waals surface area contributed by atoms with Crippen LogP contribution in [0.3, 0.4) is 0 Å². The van der Waals surface area contributed by atoms with Crippen molar-refractivity contribution in [1.29, 1.82) is 0 Å². The van der Waals surface area contributed by atoms with Crippen molar-refractivity contribution in [2.75, 3.05) is 19.6 Å². The number of nitrogens with zero attached hydrogens (tertiary/aromatic N) is 3. The Bertz CT molecular complexity index is 1020. The predicted molar refractivity (Wildman–Crippen MR) is 115 cm³/mol. The lowest BCUT2D eigenvalue weighted by Gasteiger charge is -2.27. The molecule has 4 amide bonds. The Hall–Kier alpha value is -3.56. The van der Waals surface area contributed by atoms with Gasteiger partial charge in [-0.15, -0.1) is 0 Å². The van der Waals surface area contributed by atoms with E-state index in [1.165, 1.54) is 0 Å². The van der Waals surface area contributed by atoms with E-state index >= 15 is 0 Å². The van der Waals surface area contributed by atoms with Crippen molar-refractivity contribution < 1.29 is 28.8 Å². The van der Waals surface area contributed by atoms with E-state index in [1.807, 2.05) is 24.3 Å². The molecule has 10 heteroatoms. The number of benzene rings is 1. The molecular formula is C23H26N4O6. The average Bonchev–Trinajstić information content (AvgIpc) is 3.21. The quantitative estimate of drug-likeness (QED) is 0.498. The minimum Gasteiger partial charge on any atom is -0.347 e. The van der Waals surface area contributed by atoms with Crippen molar-refractivity contribution in [3.8, 4) is 0 Å². The van der Waals surface area contributed by atoms with Gasteiger partial charge in [0.1, 0.15) is 5.92 Å². The zero-order valence-electron chi connectivity index (χ0n) is 18.4. The van der Waals surface area contributed by atoms with Crippen LogP contribution in [-0.2, 0) is 35.2 Å². The Kier molecular flexibility index (Phi) is 6.52. The molecule has 3 aliphatic rings. The number of oxime groups is 1. The highest BCUT2D eigenvalue weighted by molar-refractivity contribution is 6.06. The number of hydrogen-bond donors (Lipinski definition) is 1. The fraction of sp³-hybridized carbons (Fsp3) is 0.478. The molecule has 1 fully saturated rings. The number of nitrogens with one attached hydrogen (secondary N) is 1. The molecule has 3 heterocycles. The molecule has 0 aliphatic carbocycles.